The number of phosphoric acid groups is 2. The Labute approximate surface area is 149 Å². The summed E-state index contributed by atoms with van der Waals surface area (Å²) in [5.74, 6) is -1.03. The molecular weight excluding hydrogens is 398 g/mol. The smallest absolute Gasteiger partial charge is 0.478 e. The number of carboxylic acid groups (broad SMARTS) is 1. The number of carboxylic acids is 1. The highest BCUT2D eigenvalue weighted by Crippen LogP contribution is 2.53. The van der Waals surface area contributed by atoms with Gasteiger partial charge in [-0.1, -0.05) is 0 Å². The van der Waals surface area contributed by atoms with Gasteiger partial charge in [-0.25, -0.2) is 13.9 Å². The third-order valence-corrected chi connectivity index (χ3v) is 4.18. The number of hydrogen-bond donors (Lipinski definition) is 9. The lowest BCUT2D eigenvalue weighted by Gasteiger charge is -2.05. The van der Waals surface area contributed by atoms with Crippen molar-refractivity contribution < 1.29 is 47.7 Å². The molecule has 156 valence electrons. The molecule has 0 spiro atoms. The molecule has 0 radical (unpaired) electrons. The van der Waals surface area contributed by atoms with E-state index in [9.17, 15) is 18.7 Å². The maximum atomic E-state index is 10.2. The van der Waals surface area contributed by atoms with Gasteiger partial charge in [0.1, 0.15) is 6.04 Å². The van der Waals surface area contributed by atoms with E-state index in [1.807, 2.05) is 0 Å². The SMILES string of the molecule is C1CCNC1.NC(=O)NCCCC(N)C(=O)O.O=P(O)(O)OP(=O)(O)O. The van der Waals surface area contributed by atoms with E-state index in [1.165, 1.54) is 25.9 Å². The molecular formula is C10H26N4O10P2. The minimum absolute atomic E-state index is 0.329. The summed E-state index contributed by atoms with van der Waals surface area (Å²) in [5.41, 5.74) is 9.96. The van der Waals surface area contributed by atoms with Crippen molar-refractivity contribution in [1.29, 1.82) is 0 Å². The molecule has 1 heterocycles. The second kappa shape index (κ2) is 14.0. The number of rotatable bonds is 7. The van der Waals surface area contributed by atoms with Gasteiger partial charge >= 0.3 is 27.6 Å². The third kappa shape index (κ3) is 25.2. The van der Waals surface area contributed by atoms with Gasteiger partial charge in [-0.05, 0) is 38.8 Å². The highest BCUT2D eigenvalue weighted by Gasteiger charge is 2.27. The van der Waals surface area contributed by atoms with Gasteiger partial charge in [0.2, 0.25) is 0 Å². The molecule has 0 bridgehead atoms. The summed E-state index contributed by atoms with van der Waals surface area (Å²) in [4.78, 5) is 51.3. The van der Waals surface area contributed by atoms with Crippen LogP contribution >= 0.6 is 15.6 Å². The highest BCUT2D eigenvalue weighted by atomic mass is 31.3. The van der Waals surface area contributed by atoms with Crippen molar-refractivity contribution in [2.24, 2.45) is 11.5 Å². The number of carbonyl (C=O) groups excluding carboxylic acids is 1. The molecule has 0 aromatic heterocycles. The Kier molecular flexibility index (Phi) is 14.7. The molecule has 1 unspecified atom stereocenters. The van der Waals surface area contributed by atoms with E-state index in [1.54, 1.807) is 0 Å². The van der Waals surface area contributed by atoms with Crippen molar-refractivity contribution in [2.45, 2.75) is 31.7 Å². The Balaban J connectivity index is 0. The van der Waals surface area contributed by atoms with Gasteiger partial charge in [0.25, 0.3) is 0 Å². The Morgan fingerprint density at radius 1 is 1.12 bits per heavy atom. The van der Waals surface area contributed by atoms with Crippen molar-refractivity contribution in [3.05, 3.63) is 0 Å². The van der Waals surface area contributed by atoms with E-state index >= 15 is 0 Å². The van der Waals surface area contributed by atoms with Crippen LogP contribution in [0, 0.1) is 0 Å². The van der Waals surface area contributed by atoms with Crippen LogP contribution in [0.15, 0.2) is 0 Å². The normalized spacial score (nSPS) is 15.0. The van der Waals surface area contributed by atoms with Crippen molar-refractivity contribution in [3.8, 4) is 0 Å². The van der Waals surface area contributed by atoms with Crippen LogP contribution in [-0.4, -0.2) is 62.4 Å². The minimum Gasteiger partial charge on any atom is -0.480 e. The molecule has 14 nitrogen and oxygen atoms in total. The van der Waals surface area contributed by atoms with Gasteiger partial charge < -0.3 is 46.8 Å². The molecule has 1 fully saturated rings. The van der Waals surface area contributed by atoms with E-state index in [0.717, 1.165) is 0 Å². The summed E-state index contributed by atoms with van der Waals surface area (Å²) in [6, 6.07) is -1.47. The summed E-state index contributed by atoms with van der Waals surface area (Å²) in [6.45, 7) is 2.86. The van der Waals surface area contributed by atoms with Crippen molar-refractivity contribution in [2.75, 3.05) is 19.6 Å². The lowest BCUT2D eigenvalue weighted by molar-refractivity contribution is -0.138. The van der Waals surface area contributed by atoms with Gasteiger partial charge in [-0.2, -0.15) is 4.31 Å². The van der Waals surface area contributed by atoms with Crippen molar-refractivity contribution >= 4 is 27.6 Å². The lowest BCUT2D eigenvalue weighted by Crippen LogP contribution is -2.33. The zero-order chi connectivity index (χ0) is 20.8. The Morgan fingerprint density at radius 3 is 1.81 bits per heavy atom. The summed E-state index contributed by atoms with van der Waals surface area (Å²) >= 11 is 0. The molecule has 26 heavy (non-hydrogen) atoms. The Hall–Kier alpha value is -1.08. The van der Waals surface area contributed by atoms with E-state index in [4.69, 9.17) is 36.1 Å². The second-order valence-electron chi connectivity index (χ2n) is 4.90. The number of carbonyl (C=O) groups is 2. The summed E-state index contributed by atoms with van der Waals surface area (Å²) in [6.07, 6.45) is 3.62. The quantitative estimate of drug-likeness (QED) is 0.165. The van der Waals surface area contributed by atoms with Crippen LogP contribution in [0.4, 0.5) is 4.79 Å². The lowest BCUT2D eigenvalue weighted by atomic mass is 10.2. The van der Waals surface area contributed by atoms with Crippen LogP contribution in [0.5, 0.6) is 0 Å². The first-order valence-electron chi connectivity index (χ1n) is 7.29. The topological polar surface area (TPSA) is 255 Å². The molecule has 0 aromatic rings. The minimum atomic E-state index is -5.05. The largest absolute Gasteiger partial charge is 0.480 e. The first-order valence-corrected chi connectivity index (χ1v) is 10.4. The molecule has 11 N–H and O–H groups in total. The number of urea groups is 1. The average molecular weight is 424 g/mol. The van der Waals surface area contributed by atoms with Crippen LogP contribution < -0.4 is 22.1 Å². The van der Waals surface area contributed by atoms with Gasteiger partial charge in [-0.3, -0.25) is 4.79 Å². The zero-order valence-electron chi connectivity index (χ0n) is 13.9. The zero-order valence-corrected chi connectivity index (χ0v) is 15.6. The summed E-state index contributed by atoms with van der Waals surface area (Å²) in [7, 11) is -10.1. The van der Waals surface area contributed by atoms with Crippen LogP contribution in [0.25, 0.3) is 0 Å². The number of amides is 2. The molecule has 16 heteroatoms. The van der Waals surface area contributed by atoms with Crippen molar-refractivity contribution in [3.63, 3.8) is 0 Å². The predicted molar refractivity (Wildman–Crippen MR) is 89.7 cm³/mol. The summed E-state index contributed by atoms with van der Waals surface area (Å²) in [5, 5.41) is 13.9. The van der Waals surface area contributed by atoms with Gasteiger partial charge in [-0.15, -0.1) is 0 Å². The molecule has 0 aliphatic carbocycles. The van der Waals surface area contributed by atoms with Crippen molar-refractivity contribution in [1.82, 2.24) is 10.6 Å². The van der Waals surface area contributed by atoms with E-state index in [-0.39, 0.29) is 0 Å². The number of nitrogens with two attached hydrogens (primary N) is 2. The van der Waals surface area contributed by atoms with Crippen LogP contribution in [0.3, 0.4) is 0 Å². The molecule has 2 amide bonds. The average Bonchev–Trinajstić information content (AvgIpc) is 2.98. The van der Waals surface area contributed by atoms with Gasteiger partial charge in [0, 0.05) is 6.54 Å². The van der Waals surface area contributed by atoms with Crippen LogP contribution in [-0.2, 0) is 18.2 Å². The first-order chi connectivity index (χ1) is 11.7. The second-order valence-corrected chi connectivity index (χ2v) is 7.51. The van der Waals surface area contributed by atoms with E-state index in [0.29, 0.717) is 19.4 Å². The maximum Gasteiger partial charge on any atom is 0.478 e. The van der Waals surface area contributed by atoms with Gasteiger partial charge in [0.15, 0.2) is 0 Å². The van der Waals surface area contributed by atoms with Crippen LogP contribution in [0.2, 0.25) is 0 Å². The monoisotopic (exact) mass is 424 g/mol. The standard InChI is InChI=1S/C6H13N3O3.C4H9N.H4O7P2/c7-4(5(10)11)2-1-3-9-6(8)12;1-2-4-5-3-1;1-8(2,3)7-9(4,5)6/h4H,1-3,7H2,(H,10,11)(H3,8,9,12);5H,1-4H2;(H2,1,2,3)(H2,4,5,6). The summed E-state index contributed by atoms with van der Waals surface area (Å²) < 4.78 is 22.2. The first kappa shape index (κ1) is 27.1. The molecule has 1 saturated heterocycles. The molecule has 1 atom stereocenters. The highest BCUT2D eigenvalue weighted by molar-refractivity contribution is 7.60. The third-order valence-electron chi connectivity index (χ3n) is 2.48. The number of hydrogen-bond acceptors (Lipinski definition) is 7. The van der Waals surface area contributed by atoms with E-state index in [2.05, 4.69) is 14.9 Å². The fourth-order valence-electron chi connectivity index (χ4n) is 1.42. The van der Waals surface area contributed by atoms with Gasteiger partial charge in [0.05, 0.1) is 0 Å². The molecule has 0 aromatic carbocycles. The predicted octanol–water partition coefficient (Wildman–Crippen LogP) is -1.59. The Bertz CT molecular complexity index is 476. The van der Waals surface area contributed by atoms with E-state index < -0.39 is 33.7 Å². The molecule has 1 aliphatic rings. The number of primary amides is 1. The molecule has 1 rings (SSSR count). The number of aliphatic carboxylic acids is 1. The van der Waals surface area contributed by atoms with Crippen LogP contribution in [0.1, 0.15) is 25.7 Å². The fourth-order valence-corrected chi connectivity index (χ4v) is 2.53. The molecule has 1 aliphatic heterocycles. The Morgan fingerprint density at radius 2 is 1.58 bits per heavy atom. The molecule has 0 saturated carbocycles. The number of nitrogens with one attached hydrogen (secondary N) is 2. The fraction of sp³-hybridized carbons (Fsp3) is 0.800. The maximum absolute atomic E-state index is 10.2.